The highest BCUT2D eigenvalue weighted by atomic mass is 19.4. The molecule has 1 heterocycles. The van der Waals surface area contributed by atoms with Gasteiger partial charge in [0.1, 0.15) is 0 Å². The first-order chi connectivity index (χ1) is 6.41. The Kier molecular flexibility index (Phi) is 2.73. The quantitative estimate of drug-likeness (QED) is 0.799. The monoisotopic (exact) mass is 205 g/mol. The molecule has 0 aromatic carbocycles. The number of carboxylic acid groups (broad SMARTS) is 1. The normalized spacial score (nSPS) is 11.4. The second kappa shape index (κ2) is 3.65. The molecule has 0 saturated heterocycles. The molecule has 0 aliphatic rings. The molecule has 1 aromatic rings. The topological polar surface area (TPSA) is 50.2 Å². The lowest BCUT2D eigenvalue weighted by atomic mass is 10.1. The largest absolute Gasteiger partial charge is 0.481 e. The molecule has 76 valence electrons. The number of rotatable bonds is 2. The van der Waals surface area contributed by atoms with E-state index < -0.39 is 29.8 Å². The van der Waals surface area contributed by atoms with Crippen molar-refractivity contribution < 1.29 is 23.1 Å². The van der Waals surface area contributed by atoms with Crippen LogP contribution in [-0.4, -0.2) is 16.1 Å². The van der Waals surface area contributed by atoms with Crippen molar-refractivity contribution in [1.82, 2.24) is 4.98 Å². The zero-order valence-corrected chi connectivity index (χ0v) is 6.88. The van der Waals surface area contributed by atoms with Crippen molar-refractivity contribution in [1.29, 1.82) is 0 Å². The fourth-order valence-corrected chi connectivity index (χ4v) is 0.980. The summed E-state index contributed by atoms with van der Waals surface area (Å²) in [6.07, 6.45) is -4.15. The van der Waals surface area contributed by atoms with E-state index in [0.717, 1.165) is 18.3 Å². The summed E-state index contributed by atoms with van der Waals surface area (Å²) in [6, 6.07) is 1.93. The van der Waals surface area contributed by atoms with Gasteiger partial charge in [-0.05, 0) is 12.1 Å². The summed E-state index contributed by atoms with van der Waals surface area (Å²) in [4.78, 5) is 13.6. The highest BCUT2D eigenvalue weighted by Crippen LogP contribution is 2.30. The summed E-state index contributed by atoms with van der Waals surface area (Å²) in [7, 11) is 0. The maximum absolute atomic E-state index is 12.3. The van der Waals surface area contributed by atoms with Crippen LogP contribution in [0.25, 0.3) is 0 Å². The third kappa shape index (κ3) is 2.45. The molecule has 0 fully saturated rings. The van der Waals surface area contributed by atoms with Crippen LogP contribution in [-0.2, 0) is 17.4 Å². The number of aliphatic carboxylic acids is 1. The van der Waals surface area contributed by atoms with Crippen LogP contribution in [0.3, 0.4) is 0 Å². The zero-order valence-electron chi connectivity index (χ0n) is 6.88. The molecular weight excluding hydrogens is 199 g/mol. The molecule has 0 spiro atoms. The fraction of sp³-hybridized carbons (Fsp3) is 0.250. The number of hydrogen-bond acceptors (Lipinski definition) is 2. The van der Waals surface area contributed by atoms with Gasteiger partial charge in [-0.25, -0.2) is 0 Å². The Labute approximate surface area is 77.2 Å². The average Bonchev–Trinajstić information content (AvgIpc) is 2.01. The van der Waals surface area contributed by atoms with Crippen LogP contribution in [0, 0.1) is 0 Å². The van der Waals surface area contributed by atoms with E-state index in [-0.39, 0.29) is 0 Å². The zero-order chi connectivity index (χ0) is 10.8. The van der Waals surface area contributed by atoms with Crippen LogP contribution in [0.4, 0.5) is 13.2 Å². The molecule has 0 saturated carbocycles. The van der Waals surface area contributed by atoms with Crippen molar-refractivity contribution >= 4 is 5.97 Å². The summed E-state index contributed by atoms with van der Waals surface area (Å²) in [6.45, 7) is 0. The van der Waals surface area contributed by atoms with Gasteiger partial charge in [0.2, 0.25) is 0 Å². The van der Waals surface area contributed by atoms with Crippen molar-refractivity contribution in [3.8, 4) is 0 Å². The molecule has 1 N–H and O–H groups in total. The third-order valence-corrected chi connectivity index (χ3v) is 1.51. The summed E-state index contributed by atoms with van der Waals surface area (Å²) in [5.41, 5.74) is -1.46. The summed E-state index contributed by atoms with van der Waals surface area (Å²) < 4.78 is 36.8. The molecule has 0 atom stereocenters. The lowest BCUT2D eigenvalue weighted by Crippen LogP contribution is -2.13. The minimum atomic E-state index is -4.56. The smallest absolute Gasteiger partial charge is 0.418 e. The number of aromatic nitrogens is 1. The molecule has 0 aliphatic heterocycles. The second-order valence-electron chi connectivity index (χ2n) is 2.57. The molecule has 0 amide bonds. The van der Waals surface area contributed by atoms with Gasteiger partial charge >= 0.3 is 12.1 Å². The Hall–Kier alpha value is -1.59. The van der Waals surface area contributed by atoms with E-state index in [2.05, 4.69) is 4.98 Å². The predicted octanol–water partition coefficient (Wildman–Crippen LogP) is 1.73. The van der Waals surface area contributed by atoms with Crippen molar-refractivity contribution in [3.05, 3.63) is 29.6 Å². The van der Waals surface area contributed by atoms with Gasteiger partial charge < -0.3 is 5.11 Å². The predicted molar refractivity (Wildman–Crippen MR) is 40.6 cm³/mol. The van der Waals surface area contributed by atoms with E-state index in [4.69, 9.17) is 5.11 Å². The van der Waals surface area contributed by atoms with Crippen LogP contribution in [0.5, 0.6) is 0 Å². The third-order valence-electron chi connectivity index (χ3n) is 1.51. The van der Waals surface area contributed by atoms with E-state index in [1.165, 1.54) is 0 Å². The first-order valence-corrected chi connectivity index (χ1v) is 3.64. The van der Waals surface area contributed by atoms with Gasteiger partial charge in [-0.15, -0.1) is 0 Å². The Bertz CT molecular complexity index is 349. The molecule has 3 nitrogen and oxygen atoms in total. The van der Waals surface area contributed by atoms with Gasteiger partial charge in [0.05, 0.1) is 17.7 Å². The Morgan fingerprint density at radius 1 is 1.50 bits per heavy atom. The molecular formula is C8H6F3NO2. The Morgan fingerprint density at radius 2 is 2.14 bits per heavy atom. The van der Waals surface area contributed by atoms with Gasteiger partial charge in [-0.1, -0.05) is 0 Å². The molecule has 0 aliphatic carbocycles. The average molecular weight is 205 g/mol. The van der Waals surface area contributed by atoms with Crippen molar-refractivity contribution in [2.45, 2.75) is 12.6 Å². The van der Waals surface area contributed by atoms with Crippen molar-refractivity contribution in [3.63, 3.8) is 0 Å². The van der Waals surface area contributed by atoms with Gasteiger partial charge in [0, 0.05) is 6.20 Å². The molecule has 1 rings (SSSR count). The standard InChI is InChI=1S/C8H6F3NO2/c9-8(10,11)5-2-1-3-12-6(5)4-7(13)14/h1-3H,4H2,(H,13,14). The highest BCUT2D eigenvalue weighted by molar-refractivity contribution is 5.70. The lowest BCUT2D eigenvalue weighted by Gasteiger charge is -2.09. The minimum Gasteiger partial charge on any atom is -0.481 e. The number of carbonyl (C=O) groups is 1. The van der Waals surface area contributed by atoms with Crippen LogP contribution in [0.15, 0.2) is 18.3 Å². The first-order valence-electron chi connectivity index (χ1n) is 3.64. The van der Waals surface area contributed by atoms with Gasteiger partial charge in [0.25, 0.3) is 0 Å². The maximum atomic E-state index is 12.3. The number of alkyl halides is 3. The van der Waals surface area contributed by atoms with E-state index >= 15 is 0 Å². The number of halogens is 3. The van der Waals surface area contributed by atoms with E-state index in [1.54, 1.807) is 0 Å². The van der Waals surface area contributed by atoms with E-state index in [9.17, 15) is 18.0 Å². The first kappa shape index (κ1) is 10.5. The van der Waals surface area contributed by atoms with Crippen LogP contribution < -0.4 is 0 Å². The lowest BCUT2D eigenvalue weighted by molar-refractivity contribution is -0.140. The van der Waals surface area contributed by atoms with Gasteiger partial charge in [0.15, 0.2) is 0 Å². The van der Waals surface area contributed by atoms with Crippen LogP contribution >= 0.6 is 0 Å². The number of hydrogen-bond donors (Lipinski definition) is 1. The van der Waals surface area contributed by atoms with Gasteiger partial charge in [-0.2, -0.15) is 13.2 Å². The van der Waals surface area contributed by atoms with Gasteiger partial charge in [-0.3, -0.25) is 9.78 Å². The summed E-state index contributed by atoms with van der Waals surface area (Å²) in [5.74, 6) is -1.34. The van der Waals surface area contributed by atoms with E-state index in [1.807, 2.05) is 0 Å². The summed E-state index contributed by atoms with van der Waals surface area (Å²) >= 11 is 0. The molecule has 0 bridgehead atoms. The highest BCUT2D eigenvalue weighted by Gasteiger charge is 2.34. The minimum absolute atomic E-state index is 0.465. The Balaban J connectivity index is 3.10. The summed E-state index contributed by atoms with van der Waals surface area (Å²) in [5, 5.41) is 8.35. The molecule has 0 unspecified atom stereocenters. The van der Waals surface area contributed by atoms with Crippen LogP contribution in [0.2, 0.25) is 0 Å². The number of nitrogens with zero attached hydrogens (tertiary/aromatic N) is 1. The number of carboxylic acids is 1. The molecule has 0 radical (unpaired) electrons. The van der Waals surface area contributed by atoms with Crippen molar-refractivity contribution in [2.75, 3.05) is 0 Å². The van der Waals surface area contributed by atoms with Crippen LogP contribution in [0.1, 0.15) is 11.3 Å². The Morgan fingerprint density at radius 3 is 2.64 bits per heavy atom. The molecule has 6 heteroatoms. The second-order valence-corrected chi connectivity index (χ2v) is 2.57. The van der Waals surface area contributed by atoms with Crippen molar-refractivity contribution in [2.24, 2.45) is 0 Å². The van der Waals surface area contributed by atoms with E-state index in [0.29, 0.717) is 0 Å². The molecule has 14 heavy (non-hydrogen) atoms. The maximum Gasteiger partial charge on any atom is 0.418 e. The molecule has 1 aromatic heterocycles. The SMILES string of the molecule is O=C(O)Cc1ncccc1C(F)(F)F. The fourth-order valence-electron chi connectivity index (χ4n) is 0.980. The number of pyridine rings is 1.